The predicted octanol–water partition coefficient (Wildman–Crippen LogP) is 4.02. The maximum Gasteiger partial charge on any atom is 0.316 e. The third-order valence-corrected chi connectivity index (χ3v) is 8.81. The fourth-order valence-electron chi connectivity index (χ4n) is 4.85. The third-order valence-electron chi connectivity index (χ3n) is 6.53. The van der Waals surface area contributed by atoms with Gasteiger partial charge in [-0.3, -0.25) is 4.79 Å². The molecule has 0 saturated heterocycles. The fraction of sp³-hybridized carbons (Fsp3) is 0.667. The second-order valence-electron chi connectivity index (χ2n) is 8.17. The monoisotopic (exact) mass is 376 g/mol. The molecule has 142 valence electrons. The number of hydrogen-bond acceptors (Lipinski definition) is 4. The van der Waals surface area contributed by atoms with E-state index in [0.717, 1.165) is 24.8 Å². The molecule has 0 spiro atoms. The highest BCUT2D eigenvalue weighted by molar-refractivity contribution is 7.92. The summed E-state index contributed by atoms with van der Waals surface area (Å²) in [6, 6.07) is 7.10. The van der Waals surface area contributed by atoms with Gasteiger partial charge < -0.3 is 4.74 Å². The van der Waals surface area contributed by atoms with Gasteiger partial charge in [-0.2, -0.15) is 0 Å². The molecule has 0 amide bonds. The Kier molecular flexibility index (Phi) is 4.62. The number of sulfone groups is 1. The molecule has 0 radical (unpaired) electrons. The molecule has 5 heteroatoms. The lowest BCUT2D eigenvalue weighted by Gasteiger charge is -2.25. The third kappa shape index (κ3) is 2.98. The average molecular weight is 377 g/mol. The standard InChI is InChI=1S/C21H28O4S/c1-2-25-20(22)21(14-19(21)15-6-4-3-5-7-15)16-8-10-17(11-9-16)26(23,24)18-12-13-18/h8-11,15,18-19H,2-7,12-14H2,1H3. The summed E-state index contributed by atoms with van der Waals surface area (Å²) in [6.45, 7) is 2.22. The lowest BCUT2D eigenvalue weighted by Crippen LogP contribution is -2.28. The van der Waals surface area contributed by atoms with Gasteiger partial charge in [0.2, 0.25) is 0 Å². The first-order valence-electron chi connectivity index (χ1n) is 10.0. The van der Waals surface area contributed by atoms with E-state index in [4.69, 9.17) is 4.74 Å². The van der Waals surface area contributed by atoms with Crippen LogP contribution in [0.5, 0.6) is 0 Å². The van der Waals surface area contributed by atoms with Crippen molar-refractivity contribution in [1.82, 2.24) is 0 Å². The number of carbonyl (C=O) groups excluding carboxylic acids is 1. The molecule has 2 atom stereocenters. The van der Waals surface area contributed by atoms with Crippen LogP contribution in [0.4, 0.5) is 0 Å². The first kappa shape index (κ1) is 18.0. The zero-order valence-corrected chi connectivity index (χ0v) is 16.3. The van der Waals surface area contributed by atoms with Crippen LogP contribution in [0, 0.1) is 11.8 Å². The molecule has 0 N–H and O–H groups in total. The minimum absolute atomic E-state index is 0.131. The number of rotatable bonds is 6. The molecule has 4 rings (SSSR count). The molecule has 0 bridgehead atoms. The Balaban J connectivity index is 1.61. The summed E-state index contributed by atoms with van der Waals surface area (Å²) in [5.74, 6) is 0.796. The summed E-state index contributed by atoms with van der Waals surface area (Å²) in [7, 11) is -3.19. The smallest absolute Gasteiger partial charge is 0.316 e. The van der Waals surface area contributed by atoms with E-state index in [-0.39, 0.29) is 11.2 Å². The van der Waals surface area contributed by atoms with Crippen molar-refractivity contribution in [2.75, 3.05) is 6.61 Å². The first-order valence-corrected chi connectivity index (χ1v) is 11.6. The number of benzene rings is 1. The molecule has 0 aromatic heterocycles. The van der Waals surface area contributed by atoms with Gasteiger partial charge in [0, 0.05) is 0 Å². The van der Waals surface area contributed by atoms with Crippen LogP contribution in [-0.4, -0.2) is 26.2 Å². The van der Waals surface area contributed by atoms with Crippen molar-refractivity contribution in [3.8, 4) is 0 Å². The van der Waals surface area contributed by atoms with Crippen molar-refractivity contribution in [3.63, 3.8) is 0 Å². The lowest BCUT2D eigenvalue weighted by molar-refractivity contribution is -0.147. The van der Waals surface area contributed by atoms with E-state index in [1.165, 1.54) is 32.1 Å². The quantitative estimate of drug-likeness (QED) is 0.704. The molecular weight excluding hydrogens is 348 g/mol. The lowest BCUT2D eigenvalue weighted by atomic mass is 9.80. The normalized spacial score (nSPS) is 29.3. The molecule has 4 nitrogen and oxygen atoms in total. The van der Waals surface area contributed by atoms with E-state index in [2.05, 4.69) is 0 Å². The Morgan fingerprint density at radius 3 is 2.31 bits per heavy atom. The number of hydrogen-bond donors (Lipinski definition) is 0. The maximum absolute atomic E-state index is 12.8. The largest absolute Gasteiger partial charge is 0.465 e. The predicted molar refractivity (Wildman–Crippen MR) is 99.6 cm³/mol. The van der Waals surface area contributed by atoms with Crippen LogP contribution >= 0.6 is 0 Å². The summed E-state index contributed by atoms with van der Waals surface area (Å²) >= 11 is 0. The number of esters is 1. The van der Waals surface area contributed by atoms with Crippen molar-refractivity contribution in [3.05, 3.63) is 29.8 Å². The minimum Gasteiger partial charge on any atom is -0.465 e. The van der Waals surface area contributed by atoms with Gasteiger partial charge >= 0.3 is 5.97 Å². The summed E-state index contributed by atoms with van der Waals surface area (Å²) in [5, 5.41) is -0.205. The highest BCUT2D eigenvalue weighted by Crippen LogP contribution is 2.61. The highest BCUT2D eigenvalue weighted by atomic mass is 32.2. The van der Waals surface area contributed by atoms with Crippen molar-refractivity contribution >= 4 is 15.8 Å². The van der Waals surface area contributed by atoms with E-state index in [9.17, 15) is 13.2 Å². The van der Waals surface area contributed by atoms with Gasteiger partial charge in [-0.05, 0) is 55.7 Å². The van der Waals surface area contributed by atoms with Crippen LogP contribution in [0.2, 0.25) is 0 Å². The minimum atomic E-state index is -3.19. The van der Waals surface area contributed by atoms with E-state index in [0.29, 0.717) is 23.3 Å². The van der Waals surface area contributed by atoms with E-state index >= 15 is 0 Å². The molecule has 1 aromatic rings. The van der Waals surface area contributed by atoms with Crippen LogP contribution in [0.15, 0.2) is 29.2 Å². The Morgan fingerprint density at radius 2 is 1.73 bits per heavy atom. The summed E-state index contributed by atoms with van der Waals surface area (Å²) in [6.07, 6.45) is 8.55. The van der Waals surface area contributed by atoms with Gasteiger partial charge in [-0.15, -0.1) is 0 Å². The fourth-order valence-corrected chi connectivity index (χ4v) is 6.51. The van der Waals surface area contributed by atoms with Gasteiger partial charge in [-0.1, -0.05) is 44.2 Å². The number of ether oxygens (including phenoxy) is 1. The molecule has 2 unspecified atom stereocenters. The van der Waals surface area contributed by atoms with Gasteiger partial charge in [-0.25, -0.2) is 8.42 Å². The van der Waals surface area contributed by atoms with Gasteiger partial charge in [0.15, 0.2) is 9.84 Å². The molecular formula is C21H28O4S. The maximum atomic E-state index is 12.8. The first-order chi connectivity index (χ1) is 12.5. The molecule has 3 aliphatic rings. The molecule has 0 heterocycles. The van der Waals surface area contributed by atoms with Crippen molar-refractivity contribution in [1.29, 1.82) is 0 Å². The van der Waals surface area contributed by atoms with E-state index < -0.39 is 15.3 Å². The van der Waals surface area contributed by atoms with Gasteiger partial charge in [0.05, 0.1) is 22.2 Å². The zero-order chi connectivity index (χ0) is 18.4. The van der Waals surface area contributed by atoms with Crippen molar-refractivity contribution in [2.24, 2.45) is 11.8 Å². The molecule has 0 aliphatic heterocycles. The van der Waals surface area contributed by atoms with Crippen LogP contribution in [-0.2, 0) is 24.8 Å². The highest BCUT2D eigenvalue weighted by Gasteiger charge is 2.64. The van der Waals surface area contributed by atoms with Crippen molar-refractivity contribution < 1.29 is 17.9 Å². The Labute approximate surface area is 156 Å². The van der Waals surface area contributed by atoms with Crippen LogP contribution in [0.3, 0.4) is 0 Å². The van der Waals surface area contributed by atoms with Crippen molar-refractivity contribution in [2.45, 2.75) is 73.9 Å². The van der Waals surface area contributed by atoms with Crippen LogP contribution < -0.4 is 0 Å². The number of carbonyl (C=O) groups is 1. The Bertz CT molecular complexity index is 773. The SMILES string of the molecule is CCOC(=O)C1(c2ccc(S(=O)(=O)C3CC3)cc2)CC1C1CCCCC1. The van der Waals surface area contributed by atoms with Crippen LogP contribution in [0.1, 0.15) is 63.9 Å². The van der Waals surface area contributed by atoms with Gasteiger partial charge in [0.1, 0.15) is 0 Å². The molecule has 26 heavy (non-hydrogen) atoms. The van der Waals surface area contributed by atoms with E-state index in [1.807, 2.05) is 19.1 Å². The summed E-state index contributed by atoms with van der Waals surface area (Å²) in [5.41, 5.74) is 0.376. The second-order valence-corrected chi connectivity index (χ2v) is 10.4. The van der Waals surface area contributed by atoms with Gasteiger partial charge in [0.25, 0.3) is 0 Å². The summed E-state index contributed by atoms with van der Waals surface area (Å²) < 4.78 is 30.3. The molecule has 3 aliphatic carbocycles. The average Bonchev–Trinajstić information content (AvgIpc) is 3.56. The molecule has 3 saturated carbocycles. The zero-order valence-electron chi connectivity index (χ0n) is 15.4. The van der Waals surface area contributed by atoms with Crippen LogP contribution in [0.25, 0.3) is 0 Å². The van der Waals surface area contributed by atoms with E-state index in [1.54, 1.807) is 12.1 Å². The second kappa shape index (κ2) is 6.66. The topological polar surface area (TPSA) is 60.4 Å². The molecule has 3 fully saturated rings. The Morgan fingerprint density at radius 1 is 1.08 bits per heavy atom. The molecule has 1 aromatic carbocycles. The summed E-state index contributed by atoms with van der Waals surface area (Å²) in [4.78, 5) is 13.2. The Hall–Kier alpha value is -1.36.